The number of aliphatic carboxylic acids is 1. The Labute approximate surface area is 170 Å². The molecule has 0 bridgehead atoms. The average molecular weight is 444 g/mol. The van der Waals surface area contributed by atoms with E-state index in [1.165, 1.54) is 12.2 Å². The first kappa shape index (κ1) is 23.6. The summed E-state index contributed by atoms with van der Waals surface area (Å²) in [6.45, 7) is 3.86. The number of hydrogen-bond donors (Lipinski definition) is 6. The van der Waals surface area contributed by atoms with Crippen LogP contribution in [-0.4, -0.2) is 80.1 Å². The van der Waals surface area contributed by atoms with Crippen LogP contribution in [0, 0.1) is 11.3 Å². The van der Waals surface area contributed by atoms with Crippen LogP contribution in [0.1, 0.15) is 6.92 Å². The van der Waals surface area contributed by atoms with Crippen LogP contribution < -0.4 is 10.8 Å². The van der Waals surface area contributed by atoms with E-state index < -0.39 is 50.4 Å². The maximum Gasteiger partial charge on any atom is 0.403 e. The van der Waals surface area contributed by atoms with E-state index in [0.29, 0.717) is 0 Å². The number of nitrogens with zero attached hydrogens (tertiary/aromatic N) is 4. The maximum absolute atomic E-state index is 12.0. The summed E-state index contributed by atoms with van der Waals surface area (Å²) in [5.74, 6) is -1.47. The third kappa shape index (κ3) is 4.58. The lowest BCUT2D eigenvalue weighted by atomic mass is 10.0. The second-order valence-corrected chi connectivity index (χ2v) is 7.81. The first-order valence-corrected chi connectivity index (χ1v) is 9.99. The molecule has 7 N–H and O–H groups in total. The summed E-state index contributed by atoms with van der Waals surface area (Å²) >= 11 is 0. The van der Waals surface area contributed by atoms with Gasteiger partial charge in [-0.1, -0.05) is 12.7 Å². The molecule has 2 heterocycles. The van der Waals surface area contributed by atoms with Crippen LogP contribution in [0.2, 0.25) is 0 Å². The van der Waals surface area contributed by atoms with Gasteiger partial charge in [-0.05, 0) is 13.0 Å². The van der Waals surface area contributed by atoms with E-state index in [1.54, 1.807) is 6.07 Å². The van der Waals surface area contributed by atoms with Crippen LogP contribution in [0.15, 0.2) is 34.5 Å². The van der Waals surface area contributed by atoms with Gasteiger partial charge in [-0.2, -0.15) is 10.4 Å². The smallest absolute Gasteiger partial charge is 0.403 e. The highest BCUT2D eigenvalue weighted by Crippen LogP contribution is 2.41. The number of nitrogens with two attached hydrogens (primary N) is 1. The summed E-state index contributed by atoms with van der Waals surface area (Å²) < 4.78 is 22.3. The van der Waals surface area contributed by atoms with Gasteiger partial charge in [-0.15, -0.1) is 0 Å². The number of carboxylic acids is 1. The fourth-order valence-corrected chi connectivity index (χ4v) is 3.70. The van der Waals surface area contributed by atoms with Gasteiger partial charge < -0.3 is 30.7 Å². The van der Waals surface area contributed by atoms with Crippen molar-refractivity contribution in [2.45, 2.75) is 37.0 Å². The zero-order valence-electron chi connectivity index (χ0n) is 15.7. The van der Waals surface area contributed by atoms with Crippen LogP contribution in [0.25, 0.3) is 0 Å². The summed E-state index contributed by atoms with van der Waals surface area (Å²) in [7, 11) is -4.61. The summed E-state index contributed by atoms with van der Waals surface area (Å²) in [5, 5.41) is 46.0. The number of carboxylic acid groups (broad SMARTS) is 1. The van der Waals surface area contributed by atoms with E-state index in [-0.39, 0.29) is 11.5 Å². The Kier molecular flexibility index (Phi) is 7.11. The third-order valence-electron chi connectivity index (χ3n) is 4.18. The molecule has 164 valence electrons. The zero-order chi connectivity index (χ0) is 22.7. The SMILES string of the molecule is C=C/C=C1/C(N)=NC=NN1[C@]1(C#N)O[C@H](COP(=O)(O)NC(C)C(=O)O)[C@@H](O)[C@H]1O. The average Bonchev–Trinajstić information content (AvgIpc) is 2.93. The Hall–Kier alpha value is -2.63. The molecule has 0 spiro atoms. The molecule has 0 saturated carbocycles. The molecule has 0 amide bonds. The van der Waals surface area contributed by atoms with Gasteiger partial charge in [0.1, 0.15) is 42.5 Å². The predicted molar refractivity (Wildman–Crippen MR) is 101 cm³/mol. The van der Waals surface area contributed by atoms with Crippen molar-refractivity contribution in [3.63, 3.8) is 0 Å². The van der Waals surface area contributed by atoms with Gasteiger partial charge in [-0.3, -0.25) is 9.32 Å². The van der Waals surface area contributed by atoms with Gasteiger partial charge >= 0.3 is 13.7 Å². The molecule has 1 saturated heterocycles. The molecular formula is C15H21N6O8P. The van der Waals surface area contributed by atoms with Crippen LogP contribution >= 0.6 is 7.75 Å². The highest BCUT2D eigenvalue weighted by molar-refractivity contribution is 7.50. The van der Waals surface area contributed by atoms with Crippen molar-refractivity contribution in [1.29, 1.82) is 5.26 Å². The lowest BCUT2D eigenvalue weighted by Crippen LogP contribution is -2.55. The number of hydrogen-bond acceptors (Lipinski definition) is 11. The number of ether oxygens (including phenoxy) is 1. The first-order chi connectivity index (χ1) is 14.0. The number of nitriles is 1. The molecular weight excluding hydrogens is 423 g/mol. The summed E-state index contributed by atoms with van der Waals surface area (Å²) in [4.78, 5) is 24.3. The number of carbonyl (C=O) groups is 1. The second kappa shape index (κ2) is 9.02. The minimum absolute atomic E-state index is 0.0478. The van der Waals surface area contributed by atoms with Gasteiger partial charge in [0.15, 0.2) is 5.84 Å². The minimum atomic E-state index is -4.61. The second-order valence-electron chi connectivity index (χ2n) is 6.25. The van der Waals surface area contributed by atoms with Crippen LogP contribution in [0.3, 0.4) is 0 Å². The molecule has 0 radical (unpaired) electrons. The minimum Gasteiger partial charge on any atom is -0.480 e. The van der Waals surface area contributed by atoms with Crippen molar-refractivity contribution in [3.05, 3.63) is 24.4 Å². The summed E-state index contributed by atoms with van der Waals surface area (Å²) in [5.41, 5.74) is 3.55. The Balaban J connectivity index is 2.23. The first-order valence-electron chi connectivity index (χ1n) is 8.41. The highest BCUT2D eigenvalue weighted by Gasteiger charge is 2.60. The number of aliphatic imine (C=N–C) groups is 1. The van der Waals surface area contributed by atoms with Crippen LogP contribution in [-0.2, 0) is 18.6 Å². The monoisotopic (exact) mass is 444 g/mol. The van der Waals surface area contributed by atoms with Crippen molar-refractivity contribution in [3.8, 4) is 6.07 Å². The molecule has 6 atom stereocenters. The summed E-state index contributed by atoms with van der Waals surface area (Å²) in [6.07, 6.45) is -1.38. The zero-order valence-corrected chi connectivity index (χ0v) is 16.6. The van der Waals surface area contributed by atoms with E-state index in [1.807, 2.05) is 5.09 Å². The quantitative estimate of drug-likeness (QED) is 0.228. The standard InChI is InChI=1S/C15H21N6O8P/c1-3-4-9-13(17)18-7-19-21(9)15(6-16)12(23)11(22)10(29-15)5-28-30(26,27)20-8(2)14(24)25/h3-4,7-8,10-12,22-23H,1,5H2,2H3,(H,24,25)(H2,17,18,19)(H2,20,26,27)/b9-4-/t8?,10-,11-,12-,15-/m1/s1. The molecule has 15 heteroatoms. The fourth-order valence-electron chi connectivity index (χ4n) is 2.67. The van der Waals surface area contributed by atoms with Crippen LogP contribution in [0.4, 0.5) is 0 Å². The van der Waals surface area contributed by atoms with E-state index >= 15 is 0 Å². The number of nitrogens with one attached hydrogen (secondary N) is 1. The summed E-state index contributed by atoms with van der Waals surface area (Å²) in [6, 6.07) is 0.318. The van der Waals surface area contributed by atoms with Crippen molar-refractivity contribution < 1.29 is 38.8 Å². The molecule has 14 nitrogen and oxygen atoms in total. The molecule has 1 fully saturated rings. The molecule has 0 aromatic rings. The Morgan fingerprint density at radius 1 is 1.67 bits per heavy atom. The molecule has 0 aromatic carbocycles. The molecule has 0 aliphatic carbocycles. The molecule has 30 heavy (non-hydrogen) atoms. The number of aliphatic hydroxyl groups is 2. The van der Waals surface area contributed by atoms with E-state index in [2.05, 4.69) is 16.7 Å². The number of allylic oxidation sites excluding steroid dienone is 2. The van der Waals surface area contributed by atoms with Crippen molar-refractivity contribution in [2.24, 2.45) is 15.8 Å². The predicted octanol–water partition coefficient (Wildman–Crippen LogP) is -1.81. The molecule has 2 aliphatic rings. The van der Waals surface area contributed by atoms with E-state index in [4.69, 9.17) is 20.1 Å². The largest absolute Gasteiger partial charge is 0.480 e. The Bertz CT molecular complexity index is 885. The Morgan fingerprint density at radius 3 is 2.90 bits per heavy atom. The number of aliphatic hydroxyl groups excluding tert-OH is 2. The van der Waals surface area contributed by atoms with E-state index in [9.17, 15) is 29.7 Å². The Morgan fingerprint density at radius 2 is 2.33 bits per heavy atom. The topological polar surface area (TPSA) is 223 Å². The van der Waals surface area contributed by atoms with Gasteiger partial charge in [0, 0.05) is 0 Å². The number of rotatable bonds is 8. The molecule has 2 rings (SSSR count). The lowest BCUT2D eigenvalue weighted by Gasteiger charge is -2.36. The highest BCUT2D eigenvalue weighted by atomic mass is 31.2. The van der Waals surface area contributed by atoms with Gasteiger partial charge in [0.05, 0.1) is 6.61 Å². The number of hydrazone groups is 1. The van der Waals surface area contributed by atoms with Gasteiger partial charge in [0.2, 0.25) is 0 Å². The van der Waals surface area contributed by atoms with Gasteiger partial charge in [-0.25, -0.2) is 19.7 Å². The third-order valence-corrected chi connectivity index (χ3v) is 5.40. The van der Waals surface area contributed by atoms with E-state index in [0.717, 1.165) is 18.3 Å². The van der Waals surface area contributed by atoms with Gasteiger partial charge in [0.25, 0.3) is 5.72 Å². The molecule has 0 aromatic heterocycles. The van der Waals surface area contributed by atoms with Crippen molar-refractivity contribution >= 4 is 25.9 Å². The van der Waals surface area contributed by atoms with Crippen LogP contribution in [0.5, 0.6) is 0 Å². The molecule has 2 aliphatic heterocycles. The number of amidine groups is 1. The fraction of sp³-hybridized carbons (Fsp3) is 0.467. The van der Waals surface area contributed by atoms with Crippen molar-refractivity contribution in [1.82, 2.24) is 10.1 Å². The molecule has 2 unspecified atom stereocenters. The normalized spacial score (nSPS) is 32.9. The maximum atomic E-state index is 12.0. The lowest BCUT2D eigenvalue weighted by molar-refractivity contribution is -0.138. The van der Waals surface area contributed by atoms with Crippen molar-refractivity contribution in [2.75, 3.05) is 6.61 Å².